The second-order valence-corrected chi connectivity index (χ2v) is 9.39. The summed E-state index contributed by atoms with van der Waals surface area (Å²) in [6.07, 6.45) is 4.52. The summed E-state index contributed by atoms with van der Waals surface area (Å²) in [7, 11) is -1.96. The molecule has 0 unspecified atom stereocenters. The molecule has 0 bridgehead atoms. The Morgan fingerprint density at radius 2 is 1.78 bits per heavy atom. The van der Waals surface area contributed by atoms with Gasteiger partial charge in [0, 0.05) is 6.04 Å². The van der Waals surface area contributed by atoms with Crippen molar-refractivity contribution in [1.29, 1.82) is 0 Å². The number of piperazine rings is 1. The van der Waals surface area contributed by atoms with Gasteiger partial charge in [0.15, 0.2) is 6.04 Å². The first-order valence-electron chi connectivity index (χ1n) is 9.71. The molecule has 2 N–H and O–H groups in total. The number of nitrogens with zero attached hydrogens (tertiary/aromatic N) is 1. The van der Waals surface area contributed by atoms with Crippen LogP contribution in [-0.2, 0) is 14.8 Å². The molecule has 1 aliphatic heterocycles. The number of benzene rings is 1. The topological polar surface area (TPSA) is 80.2 Å². The molecule has 1 aromatic rings. The van der Waals surface area contributed by atoms with E-state index in [1.54, 1.807) is 31.4 Å². The lowest BCUT2D eigenvalue weighted by Crippen LogP contribution is -3.19. The third kappa shape index (κ3) is 4.62. The van der Waals surface area contributed by atoms with Gasteiger partial charge in [-0.05, 0) is 44.0 Å². The summed E-state index contributed by atoms with van der Waals surface area (Å²) in [5.74, 6) is 0.716. The predicted octanol–water partition coefficient (Wildman–Crippen LogP) is 0.0317. The van der Waals surface area contributed by atoms with Crippen LogP contribution >= 0.6 is 0 Å². The van der Waals surface area contributed by atoms with Crippen LogP contribution in [0.5, 0.6) is 5.75 Å². The Labute approximate surface area is 161 Å². The van der Waals surface area contributed by atoms with E-state index >= 15 is 0 Å². The summed E-state index contributed by atoms with van der Waals surface area (Å²) in [6, 6.07) is 6.62. The number of nitrogens with one attached hydrogen (secondary N) is 2. The monoisotopic (exact) mass is 396 g/mol. The number of rotatable bonds is 6. The molecular weight excluding hydrogens is 366 g/mol. The van der Waals surface area contributed by atoms with Gasteiger partial charge in [0.2, 0.25) is 10.0 Å². The predicted molar refractivity (Wildman–Crippen MR) is 102 cm³/mol. The molecule has 7 nitrogen and oxygen atoms in total. The number of sulfonamides is 1. The number of carbonyl (C=O) groups excluding carboxylic acids is 1. The number of carbonyl (C=O) groups is 1. The maximum absolute atomic E-state index is 12.8. The van der Waals surface area contributed by atoms with Crippen LogP contribution in [0.25, 0.3) is 0 Å². The quantitative estimate of drug-likeness (QED) is 0.711. The van der Waals surface area contributed by atoms with Crippen molar-refractivity contribution in [3.63, 3.8) is 0 Å². The van der Waals surface area contributed by atoms with Crippen LogP contribution in [0.3, 0.4) is 0 Å². The molecule has 150 valence electrons. The molecule has 3 rings (SSSR count). The number of hydrogen-bond acceptors (Lipinski definition) is 4. The van der Waals surface area contributed by atoms with E-state index in [1.807, 2.05) is 6.92 Å². The van der Waals surface area contributed by atoms with Crippen molar-refractivity contribution in [1.82, 2.24) is 9.62 Å². The van der Waals surface area contributed by atoms with Crippen molar-refractivity contribution in [3.05, 3.63) is 24.3 Å². The zero-order valence-corrected chi connectivity index (χ0v) is 16.9. The molecule has 1 atom stereocenters. The fourth-order valence-electron chi connectivity index (χ4n) is 3.93. The molecule has 1 aromatic carbocycles. The van der Waals surface area contributed by atoms with Crippen LogP contribution in [-0.4, -0.2) is 64.0 Å². The Bertz CT molecular complexity index is 737. The van der Waals surface area contributed by atoms with Crippen molar-refractivity contribution in [3.8, 4) is 5.75 Å². The number of methoxy groups -OCH3 is 1. The SMILES string of the molecule is COc1ccc(S(=O)(=O)N2CC[NH+]([C@@H](C)C(=O)NC3CCCC3)CC2)cc1. The molecule has 0 spiro atoms. The van der Waals surface area contributed by atoms with Crippen molar-refractivity contribution in [2.45, 2.75) is 49.6 Å². The highest BCUT2D eigenvalue weighted by Gasteiger charge is 2.35. The minimum absolute atomic E-state index is 0.0864. The van der Waals surface area contributed by atoms with E-state index in [9.17, 15) is 13.2 Å². The standard InChI is InChI=1S/C19H29N3O4S/c1-15(19(23)20-16-5-3-4-6-16)21-11-13-22(14-12-21)27(24,25)18-9-7-17(26-2)8-10-18/h7-10,15-16H,3-6,11-14H2,1-2H3,(H,20,23)/p+1/t15-/m0/s1. The molecule has 1 aliphatic carbocycles. The van der Waals surface area contributed by atoms with Crippen LogP contribution in [0.4, 0.5) is 0 Å². The minimum atomic E-state index is -3.51. The lowest BCUT2D eigenvalue weighted by Gasteiger charge is -2.34. The van der Waals surface area contributed by atoms with Gasteiger partial charge in [-0.25, -0.2) is 8.42 Å². The first-order valence-corrected chi connectivity index (χ1v) is 11.1. The highest BCUT2D eigenvalue weighted by molar-refractivity contribution is 7.89. The van der Waals surface area contributed by atoms with Crippen LogP contribution in [0, 0.1) is 0 Å². The number of amides is 1. The molecule has 1 saturated carbocycles. The number of hydrogen-bond donors (Lipinski definition) is 2. The van der Waals surface area contributed by atoms with Gasteiger partial charge >= 0.3 is 0 Å². The average molecular weight is 397 g/mol. The van der Waals surface area contributed by atoms with Gasteiger partial charge in [-0.15, -0.1) is 0 Å². The lowest BCUT2D eigenvalue weighted by atomic mass is 10.2. The van der Waals surface area contributed by atoms with E-state index in [1.165, 1.54) is 17.1 Å². The average Bonchev–Trinajstić information content (AvgIpc) is 3.20. The molecular formula is C19H30N3O4S+. The summed E-state index contributed by atoms with van der Waals surface area (Å²) in [5.41, 5.74) is 0. The summed E-state index contributed by atoms with van der Waals surface area (Å²) >= 11 is 0. The number of ether oxygens (including phenoxy) is 1. The van der Waals surface area contributed by atoms with Crippen LogP contribution in [0.2, 0.25) is 0 Å². The van der Waals surface area contributed by atoms with Crippen LogP contribution in [0.15, 0.2) is 29.2 Å². The molecule has 27 heavy (non-hydrogen) atoms. The lowest BCUT2D eigenvalue weighted by molar-refractivity contribution is -0.917. The first-order chi connectivity index (χ1) is 12.9. The van der Waals surface area contributed by atoms with Gasteiger partial charge in [0.1, 0.15) is 5.75 Å². The van der Waals surface area contributed by atoms with E-state index in [0.29, 0.717) is 38.0 Å². The summed E-state index contributed by atoms with van der Waals surface area (Å²) in [4.78, 5) is 13.9. The van der Waals surface area contributed by atoms with E-state index in [2.05, 4.69) is 5.32 Å². The Morgan fingerprint density at radius 3 is 2.33 bits per heavy atom. The van der Waals surface area contributed by atoms with E-state index in [4.69, 9.17) is 4.74 Å². The van der Waals surface area contributed by atoms with Crippen molar-refractivity contribution in [2.75, 3.05) is 33.3 Å². The van der Waals surface area contributed by atoms with E-state index in [0.717, 1.165) is 17.7 Å². The molecule has 2 aliphatic rings. The largest absolute Gasteiger partial charge is 0.497 e. The highest BCUT2D eigenvalue weighted by atomic mass is 32.2. The molecule has 1 amide bonds. The molecule has 1 heterocycles. The summed E-state index contributed by atoms with van der Waals surface area (Å²) < 4.78 is 32.2. The summed E-state index contributed by atoms with van der Waals surface area (Å²) in [6.45, 7) is 4.05. The smallest absolute Gasteiger partial charge is 0.278 e. The Hall–Kier alpha value is -1.64. The van der Waals surface area contributed by atoms with Gasteiger partial charge in [0.05, 0.1) is 38.2 Å². The fraction of sp³-hybridized carbons (Fsp3) is 0.632. The fourth-order valence-corrected chi connectivity index (χ4v) is 5.37. The third-order valence-electron chi connectivity index (χ3n) is 5.77. The second-order valence-electron chi connectivity index (χ2n) is 7.45. The number of quaternary nitrogens is 1. The highest BCUT2D eigenvalue weighted by Crippen LogP contribution is 2.19. The summed E-state index contributed by atoms with van der Waals surface area (Å²) in [5, 5.41) is 3.15. The Kier molecular flexibility index (Phi) is 6.39. The van der Waals surface area contributed by atoms with E-state index in [-0.39, 0.29) is 16.8 Å². The molecule has 8 heteroatoms. The first kappa shape index (κ1) is 20.1. The minimum Gasteiger partial charge on any atom is -0.497 e. The van der Waals surface area contributed by atoms with Gasteiger partial charge in [0.25, 0.3) is 5.91 Å². The molecule has 0 radical (unpaired) electrons. The van der Waals surface area contributed by atoms with Crippen LogP contribution < -0.4 is 15.0 Å². The Balaban J connectivity index is 1.56. The van der Waals surface area contributed by atoms with Crippen molar-refractivity contribution >= 4 is 15.9 Å². The Morgan fingerprint density at radius 1 is 1.19 bits per heavy atom. The van der Waals surface area contributed by atoms with Gasteiger partial charge in [-0.1, -0.05) is 12.8 Å². The van der Waals surface area contributed by atoms with Crippen molar-refractivity contribution in [2.24, 2.45) is 0 Å². The zero-order chi connectivity index (χ0) is 19.4. The zero-order valence-electron chi connectivity index (χ0n) is 16.1. The maximum Gasteiger partial charge on any atom is 0.278 e. The normalized spacial score (nSPS) is 21.1. The molecule has 2 fully saturated rings. The third-order valence-corrected chi connectivity index (χ3v) is 7.68. The van der Waals surface area contributed by atoms with Gasteiger partial charge in [-0.3, -0.25) is 4.79 Å². The molecule has 1 saturated heterocycles. The second kappa shape index (κ2) is 8.58. The van der Waals surface area contributed by atoms with Gasteiger partial charge < -0.3 is 15.0 Å². The molecule has 0 aromatic heterocycles. The van der Waals surface area contributed by atoms with Crippen molar-refractivity contribution < 1.29 is 22.8 Å². The maximum atomic E-state index is 12.8. The van der Waals surface area contributed by atoms with E-state index < -0.39 is 10.0 Å². The van der Waals surface area contributed by atoms with Gasteiger partial charge in [-0.2, -0.15) is 4.31 Å². The van der Waals surface area contributed by atoms with Crippen LogP contribution in [0.1, 0.15) is 32.6 Å².